The standard InChI is InChI=1S/C14H14Br2N2O/c1-14(2,3)9-4-6-10(7-5-9)18-8-11(15)17-12(16)13(18)19/h4-8H,1-3H3. The highest BCUT2D eigenvalue weighted by Gasteiger charge is 2.13. The second-order valence-electron chi connectivity index (χ2n) is 5.33. The first-order valence-corrected chi connectivity index (χ1v) is 7.43. The molecule has 0 aliphatic carbocycles. The molecule has 0 bridgehead atoms. The lowest BCUT2D eigenvalue weighted by molar-refractivity contribution is 0.590. The summed E-state index contributed by atoms with van der Waals surface area (Å²) in [6.07, 6.45) is 1.67. The van der Waals surface area contributed by atoms with E-state index in [4.69, 9.17) is 0 Å². The van der Waals surface area contributed by atoms with Crippen molar-refractivity contribution in [3.8, 4) is 5.69 Å². The summed E-state index contributed by atoms with van der Waals surface area (Å²) in [5, 5.41) is 0. The molecule has 1 aromatic heterocycles. The highest BCUT2D eigenvalue weighted by Crippen LogP contribution is 2.23. The van der Waals surface area contributed by atoms with Gasteiger partial charge in [0.05, 0.1) is 0 Å². The number of nitrogens with zero attached hydrogens (tertiary/aromatic N) is 2. The normalized spacial score (nSPS) is 11.6. The molecule has 0 aliphatic heterocycles. The zero-order chi connectivity index (χ0) is 14.2. The molecule has 0 radical (unpaired) electrons. The number of hydrogen-bond donors (Lipinski definition) is 0. The lowest BCUT2D eigenvalue weighted by Crippen LogP contribution is -2.20. The molecule has 3 nitrogen and oxygen atoms in total. The van der Waals surface area contributed by atoms with Crippen molar-refractivity contribution in [2.75, 3.05) is 0 Å². The van der Waals surface area contributed by atoms with E-state index in [1.807, 2.05) is 24.3 Å². The fourth-order valence-electron chi connectivity index (χ4n) is 1.75. The third-order valence-electron chi connectivity index (χ3n) is 2.85. The third-order valence-corrected chi connectivity index (χ3v) is 3.75. The Morgan fingerprint density at radius 3 is 2.21 bits per heavy atom. The highest BCUT2D eigenvalue weighted by molar-refractivity contribution is 9.11. The van der Waals surface area contributed by atoms with Gasteiger partial charge in [-0.1, -0.05) is 32.9 Å². The zero-order valence-electron chi connectivity index (χ0n) is 10.9. The second kappa shape index (κ2) is 5.21. The smallest absolute Gasteiger partial charge is 0.279 e. The average molecular weight is 386 g/mol. The predicted molar refractivity (Wildman–Crippen MR) is 83.9 cm³/mol. The molecule has 0 atom stereocenters. The van der Waals surface area contributed by atoms with Crippen molar-refractivity contribution in [1.82, 2.24) is 9.55 Å². The van der Waals surface area contributed by atoms with Crippen LogP contribution in [0.4, 0.5) is 0 Å². The van der Waals surface area contributed by atoms with Gasteiger partial charge in [-0.2, -0.15) is 0 Å². The van der Waals surface area contributed by atoms with Crippen molar-refractivity contribution < 1.29 is 0 Å². The summed E-state index contributed by atoms with van der Waals surface area (Å²) >= 11 is 6.46. The van der Waals surface area contributed by atoms with Gasteiger partial charge in [-0.05, 0) is 55.0 Å². The maximum absolute atomic E-state index is 12.0. The van der Waals surface area contributed by atoms with Gasteiger partial charge in [-0.15, -0.1) is 0 Å². The van der Waals surface area contributed by atoms with E-state index in [-0.39, 0.29) is 11.0 Å². The van der Waals surface area contributed by atoms with Crippen molar-refractivity contribution in [1.29, 1.82) is 0 Å². The largest absolute Gasteiger partial charge is 0.288 e. The lowest BCUT2D eigenvalue weighted by Gasteiger charge is -2.19. The molecular weight excluding hydrogens is 372 g/mol. The van der Waals surface area contributed by atoms with E-state index >= 15 is 0 Å². The molecule has 2 rings (SSSR count). The Kier molecular flexibility index (Phi) is 3.97. The minimum Gasteiger partial charge on any atom is -0.279 e. The topological polar surface area (TPSA) is 34.9 Å². The Morgan fingerprint density at radius 2 is 1.68 bits per heavy atom. The molecule has 100 valence electrons. The van der Waals surface area contributed by atoms with Crippen LogP contribution in [0.3, 0.4) is 0 Å². The number of benzene rings is 1. The summed E-state index contributed by atoms with van der Waals surface area (Å²) in [5.41, 5.74) is 1.98. The van der Waals surface area contributed by atoms with E-state index in [1.165, 1.54) is 5.56 Å². The van der Waals surface area contributed by atoms with Crippen molar-refractivity contribution >= 4 is 31.9 Å². The van der Waals surface area contributed by atoms with Gasteiger partial charge < -0.3 is 0 Å². The number of rotatable bonds is 1. The molecule has 0 fully saturated rings. The molecule has 0 aliphatic rings. The summed E-state index contributed by atoms with van der Waals surface area (Å²) in [4.78, 5) is 16.1. The van der Waals surface area contributed by atoms with E-state index in [2.05, 4.69) is 57.6 Å². The molecule has 0 spiro atoms. The first-order chi connectivity index (χ1) is 8.79. The number of halogens is 2. The van der Waals surface area contributed by atoms with Crippen LogP contribution in [-0.4, -0.2) is 9.55 Å². The molecule has 1 heterocycles. The fourth-order valence-corrected chi connectivity index (χ4v) is 2.75. The molecule has 0 N–H and O–H groups in total. The van der Waals surface area contributed by atoms with Gasteiger partial charge in [-0.25, -0.2) is 4.98 Å². The van der Waals surface area contributed by atoms with E-state index in [1.54, 1.807) is 10.8 Å². The van der Waals surface area contributed by atoms with Gasteiger partial charge >= 0.3 is 0 Å². The highest BCUT2D eigenvalue weighted by atomic mass is 79.9. The van der Waals surface area contributed by atoms with Gasteiger partial charge in [0.25, 0.3) is 5.56 Å². The monoisotopic (exact) mass is 384 g/mol. The van der Waals surface area contributed by atoms with E-state index in [0.29, 0.717) is 9.21 Å². The average Bonchev–Trinajstić information content (AvgIpc) is 2.33. The fraction of sp³-hybridized carbons (Fsp3) is 0.286. The van der Waals surface area contributed by atoms with Gasteiger partial charge in [0.15, 0.2) is 4.60 Å². The lowest BCUT2D eigenvalue weighted by atomic mass is 9.87. The Balaban J connectivity index is 2.52. The van der Waals surface area contributed by atoms with Gasteiger partial charge in [0, 0.05) is 11.9 Å². The number of aromatic nitrogens is 2. The van der Waals surface area contributed by atoms with Gasteiger partial charge in [-0.3, -0.25) is 9.36 Å². The van der Waals surface area contributed by atoms with Crippen molar-refractivity contribution in [2.45, 2.75) is 26.2 Å². The van der Waals surface area contributed by atoms with Crippen LogP contribution < -0.4 is 5.56 Å². The molecular formula is C14H14Br2N2O. The summed E-state index contributed by atoms with van der Waals surface area (Å²) in [6, 6.07) is 7.98. The summed E-state index contributed by atoms with van der Waals surface area (Å²) in [5.74, 6) is 0. The van der Waals surface area contributed by atoms with Crippen molar-refractivity contribution in [3.63, 3.8) is 0 Å². The van der Waals surface area contributed by atoms with Gasteiger partial charge in [0.2, 0.25) is 0 Å². The number of hydrogen-bond acceptors (Lipinski definition) is 2. The molecule has 0 saturated heterocycles. The second-order valence-corrected chi connectivity index (χ2v) is 6.89. The van der Waals surface area contributed by atoms with Crippen LogP contribution in [0.5, 0.6) is 0 Å². The van der Waals surface area contributed by atoms with E-state index < -0.39 is 0 Å². The minimum absolute atomic E-state index is 0.100. The van der Waals surface area contributed by atoms with E-state index in [9.17, 15) is 4.79 Å². The molecule has 5 heteroatoms. The molecule has 1 aromatic carbocycles. The molecule has 0 amide bonds. The summed E-state index contributed by atoms with van der Waals surface area (Å²) in [7, 11) is 0. The first kappa shape index (κ1) is 14.5. The van der Waals surface area contributed by atoms with Crippen molar-refractivity contribution in [2.24, 2.45) is 0 Å². The Labute approximate surface area is 128 Å². The van der Waals surface area contributed by atoms with Crippen LogP contribution in [0, 0.1) is 0 Å². The SMILES string of the molecule is CC(C)(C)c1ccc(-n2cc(Br)nc(Br)c2=O)cc1. The van der Waals surface area contributed by atoms with Crippen LogP contribution in [-0.2, 0) is 5.41 Å². The Morgan fingerprint density at radius 1 is 1.11 bits per heavy atom. The summed E-state index contributed by atoms with van der Waals surface area (Å²) in [6.45, 7) is 6.48. The van der Waals surface area contributed by atoms with Crippen LogP contribution in [0.15, 0.2) is 44.5 Å². The van der Waals surface area contributed by atoms with E-state index in [0.717, 1.165) is 5.69 Å². The first-order valence-electron chi connectivity index (χ1n) is 5.84. The van der Waals surface area contributed by atoms with Crippen LogP contribution >= 0.6 is 31.9 Å². The molecule has 19 heavy (non-hydrogen) atoms. The molecule has 0 unspecified atom stereocenters. The summed E-state index contributed by atoms with van der Waals surface area (Å²) < 4.78 is 2.47. The maximum atomic E-state index is 12.0. The molecule has 2 aromatic rings. The van der Waals surface area contributed by atoms with Crippen molar-refractivity contribution in [3.05, 3.63) is 55.6 Å². The van der Waals surface area contributed by atoms with Gasteiger partial charge in [0.1, 0.15) is 4.60 Å². The Hall–Kier alpha value is -0.940. The van der Waals surface area contributed by atoms with Crippen LogP contribution in [0.2, 0.25) is 0 Å². The minimum atomic E-state index is -0.174. The quantitative estimate of drug-likeness (QED) is 0.741. The third kappa shape index (κ3) is 3.15. The molecule has 0 saturated carbocycles. The van der Waals surface area contributed by atoms with Crippen LogP contribution in [0.25, 0.3) is 5.69 Å². The zero-order valence-corrected chi connectivity index (χ0v) is 14.1. The Bertz CT molecular complexity index is 655. The van der Waals surface area contributed by atoms with Crippen LogP contribution in [0.1, 0.15) is 26.3 Å². The predicted octanol–water partition coefficient (Wildman–Crippen LogP) is 4.06. The maximum Gasteiger partial charge on any atom is 0.288 e.